The zero-order valence-corrected chi connectivity index (χ0v) is 15.1. The molecule has 27 heavy (non-hydrogen) atoms. The SMILES string of the molecule is Cn1cc(C(=O)C(=O)Nc2ccc(-n3cccn3)cc2)c2ccc(Cl)cc21. The van der Waals surface area contributed by atoms with Gasteiger partial charge in [-0.15, -0.1) is 0 Å². The van der Waals surface area contributed by atoms with Gasteiger partial charge in [-0.2, -0.15) is 5.10 Å². The summed E-state index contributed by atoms with van der Waals surface area (Å²) >= 11 is 6.02. The first-order chi connectivity index (χ1) is 13.0. The number of fused-ring (bicyclic) bond motifs is 1. The topological polar surface area (TPSA) is 68.9 Å². The van der Waals surface area contributed by atoms with Crippen LogP contribution in [0, 0.1) is 0 Å². The Morgan fingerprint density at radius 3 is 2.59 bits per heavy atom. The smallest absolute Gasteiger partial charge is 0.296 e. The number of anilines is 1. The maximum atomic E-state index is 12.6. The minimum atomic E-state index is -0.690. The van der Waals surface area contributed by atoms with E-state index in [-0.39, 0.29) is 0 Å². The zero-order chi connectivity index (χ0) is 19.0. The van der Waals surface area contributed by atoms with Crippen molar-refractivity contribution in [3.8, 4) is 5.69 Å². The number of carbonyl (C=O) groups is 2. The van der Waals surface area contributed by atoms with Crippen molar-refractivity contribution in [3.63, 3.8) is 0 Å². The Morgan fingerprint density at radius 1 is 1.11 bits per heavy atom. The minimum Gasteiger partial charge on any atom is -0.350 e. The third-order valence-electron chi connectivity index (χ3n) is 4.30. The van der Waals surface area contributed by atoms with Crippen molar-refractivity contribution in [1.82, 2.24) is 14.3 Å². The molecule has 1 N–H and O–H groups in total. The summed E-state index contributed by atoms with van der Waals surface area (Å²) in [7, 11) is 1.81. The molecule has 4 aromatic rings. The molecule has 0 atom stereocenters. The quantitative estimate of drug-likeness (QED) is 0.433. The fourth-order valence-electron chi connectivity index (χ4n) is 2.97. The van der Waals surface area contributed by atoms with E-state index in [2.05, 4.69) is 10.4 Å². The van der Waals surface area contributed by atoms with Crippen LogP contribution in [0.5, 0.6) is 0 Å². The highest BCUT2D eigenvalue weighted by Gasteiger charge is 2.21. The predicted octanol–water partition coefficient (Wildman–Crippen LogP) is 3.84. The summed E-state index contributed by atoms with van der Waals surface area (Å²) < 4.78 is 3.48. The number of amides is 1. The average molecular weight is 379 g/mol. The van der Waals surface area contributed by atoms with E-state index in [4.69, 9.17) is 11.6 Å². The summed E-state index contributed by atoms with van der Waals surface area (Å²) in [6, 6.07) is 14.1. The van der Waals surface area contributed by atoms with Crippen molar-refractivity contribution < 1.29 is 9.59 Å². The number of nitrogens with one attached hydrogen (secondary N) is 1. The van der Waals surface area contributed by atoms with Gasteiger partial charge in [0, 0.05) is 47.3 Å². The first-order valence-corrected chi connectivity index (χ1v) is 8.61. The summed E-state index contributed by atoms with van der Waals surface area (Å²) in [6.07, 6.45) is 5.15. The van der Waals surface area contributed by atoms with E-state index in [1.165, 1.54) is 0 Å². The lowest BCUT2D eigenvalue weighted by atomic mass is 10.1. The van der Waals surface area contributed by atoms with Crippen LogP contribution in [-0.2, 0) is 11.8 Å². The van der Waals surface area contributed by atoms with E-state index in [1.807, 2.05) is 24.4 Å². The van der Waals surface area contributed by atoms with Crippen LogP contribution in [0.1, 0.15) is 10.4 Å². The molecule has 2 aromatic carbocycles. The number of benzene rings is 2. The number of aromatic nitrogens is 3. The van der Waals surface area contributed by atoms with Crippen molar-refractivity contribution >= 4 is 39.9 Å². The second-order valence-electron chi connectivity index (χ2n) is 6.10. The average Bonchev–Trinajstić information content (AvgIpc) is 3.30. The minimum absolute atomic E-state index is 0.342. The molecular weight excluding hydrogens is 364 g/mol. The number of Topliss-reactive ketones (excluding diaryl/α,β-unsaturated/α-hetero) is 1. The molecule has 1 amide bonds. The van der Waals surface area contributed by atoms with Crippen molar-refractivity contribution in [2.75, 3.05) is 5.32 Å². The van der Waals surface area contributed by atoms with Crippen molar-refractivity contribution in [1.29, 1.82) is 0 Å². The molecule has 0 aliphatic rings. The molecule has 0 spiro atoms. The highest BCUT2D eigenvalue weighted by atomic mass is 35.5. The Kier molecular flexibility index (Phi) is 4.25. The Hall–Kier alpha value is -3.38. The largest absolute Gasteiger partial charge is 0.350 e. The molecule has 0 aliphatic heterocycles. The third kappa shape index (κ3) is 3.22. The number of halogens is 1. The molecule has 2 aromatic heterocycles. The van der Waals surface area contributed by atoms with Crippen LogP contribution in [0.25, 0.3) is 16.6 Å². The van der Waals surface area contributed by atoms with E-state index in [0.717, 1.165) is 11.2 Å². The highest BCUT2D eigenvalue weighted by molar-refractivity contribution is 6.48. The van der Waals surface area contributed by atoms with Gasteiger partial charge in [-0.05, 0) is 42.5 Å². The second kappa shape index (κ2) is 6.74. The van der Waals surface area contributed by atoms with Gasteiger partial charge >= 0.3 is 0 Å². The monoisotopic (exact) mass is 378 g/mol. The van der Waals surface area contributed by atoms with Crippen LogP contribution in [0.2, 0.25) is 5.02 Å². The third-order valence-corrected chi connectivity index (χ3v) is 4.53. The summed E-state index contributed by atoms with van der Waals surface area (Å²) in [5.41, 5.74) is 2.53. The van der Waals surface area contributed by atoms with Crippen LogP contribution in [0.3, 0.4) is 0 Å². The van der Waals surface area contributed by atoms with Gasteiger partial charge in [-0.25, -0.2) is 4.68 Å². The molecular formula is C20H15ClN4O2. The van der Waals surface area contributed by atoms with Crippen LogP contribution in [0.15, 0.2) is 67.1 Å². The molecule has 0 unspecified atom stereocenters. The summed E-state index contributed by atoms with van der Waals surface area (Å²) in [5.74, 6) is -1.29. The number of rotatable bonds is 4. The number of hydrogen-bond donors (Lipinski definition) is 1. The molecule has 4 rings (SSSR count). The molecule has 6 nitrogen and oxygen atoms in total. The summed E-state index contributed by atoms with van der Waals surface area (Å²) in [6.45, 7) is 0. The van der Waals surface area contributed by atoms with Crippen molar-refractivity contribution in [2.45, 2.75) is 0 Å². The Labute approximate surface area is 160 Å². The summed E-state index contributed by atoms with van der Waals surface area (Å²) in [4.78, 5) is 25.1. The molecule has 0 aliphatic carbocycles. The number of carbonyl (C=O) groups excluding carboxylic acids is 2. The molecule has 134 valence electrons. The zero-order valence-electron chi connectivity index (χ0n) is 14.4. The molecule has 0 saturated carbocycles. The fourth-order valence-corrected chi connectivity index (χ4v) is 3.13. The van der Waals surface area contributed by atoms with Crippen LogP contribution < -0.4 is 5.32 Å². The second-order valence-corrected chi connectivity index (χ2v) is 6.53. The highest BCUT2D eigenvalue weighted by Crippen LogP contribution is 2.25. The van der Waals surface area contributed by atoms with Crippen molar-refractivity contribution in [3.05, 3.63) is 77.7 Å². The van der Waals surface area contributed by atoms with E-state index < -0.39 is 11.7 Å². The van der Waals surface area contributed by atoms with Crippen LogP contribution >= 0.6 is 11.6 Å². The van der Waals surface area contributed by atoms with Gasteiger partial charge in [-0.1, -0.05) is 17.7 Å². The number of nitrogens with zero attached hydrogens (tertiary/aromatic N) is 3. The molecule has 2 heterocycles. The molecule has 0 fully saturated rings. The Morgan fingerprint density at radius 2 is 1.89 bits per heavy atom. The number of hydrogen-bond acceptors (Lipinski definition) is 3. The normalized spacial score (nSPS) is 10.9. The first kappa shape index (κ1) is 17.1. The van der Waals surface area contributed by atoms with E-state index in [9.17, 15) is 9.59 Å². The standard InChI is InChI=1S/C20H15ClN4O2/c1-24-12-17(16-8-3-13(21)11-18(16)24)19(26)20(27)23-14-4-6-15(7-5-14)25-10-2-9-22-25/h2-12H,1H3,(H,23,27). The Balaban J connectivity index is 1.56. The van der Waals surface area contributed by atoms with Gasteiger partial charge in [-0.3, -0.25) is 9.59 Å². The lowest BCUT2D eigenvalue weighted by molar-refractivity contribution is -0.112. The molecule has 0 saturated heterocycles. The number of ketones is 1. The number of aryl methyl sites for hydroxylation is 1. The van der Waals surface area contributed by atoms with Crippen LogP contribution in [0.4, 0.5) is 5.69 Å². The van der Waals surface area contributed by atoms with Gasteiger partial charge in [0.05, 0.1) is 11.3 Å². The first-order valence-electron chi connectivity index (χ1n) is 8.23. The molecule has 7 heteroatoms. The van der Waals surface area contributed by atoms with E-state index in [0.29, 0.717) is 21.7 Å². The van der Waals surface area contributed by atoms with Crippen molar-refractivity contribution in [2.24, 2.45) is 7.05 Å². The maximum absolute atomic E-state index is 12.6. The van der Waals surface area contributed by atoms with Crippen LogP contribution in [-0.4, -0.2) is 26.0 Å². The van der Waals surface area contributed by atoms with Gasteiger partial charge in [0.1, 0.15) is 0 Å². The Bertz CT molecular complexity index is 1140. The van der Waals surface area contributed by atoms with Gasteiger partial charge < -0.3 is 9.88 Å². The van der Waals surface area contributed by atoms with E-state index >= 15 is 0 Å². The van der Waals surface area contributed by atoms with Gasteiger partial charge in [0.25, 0.3) is 11.7 Å². The van der Waals surface area contributed by atoms with Gasteiger partial charge in [0.2, 0.25) is 0 Å². The predicted molar refractivity (Wildman–Crippen MR) is 104 cm³/mol. The maximum Gasteiger partial charge on any atom is 0.296 e. The van der Waals surface area contributed by atoms with Gasteiger partial charge in [0.15, 0.2) is 0 Å². The van der Waals surface area contributed by atoms with E-state index in [1.54, 1.807) is 59.0 Å². The molecule has 0 radical (unpaired) electrons. The summed E-state index contributed by atoms with van der Waals surface area (Å²) in [5, 5.41) is 8.05. The molecule has 0 bridgehead atoms. The fraction of sp³-hybridized carbons (Fsp3) is 0.0500. The lowest BCUT2D eigenvalue weighted by Crippen LogP contribution is -2.22. The lowest BCUT2D eigenvalue weighted by Gasteiger charge is -2.06.